The molecule has 0 saturated heterocycles. The number of benzene rings is 2. The van der Waals surface area contributed by atoms with Gasteiger partial charge in [0.25, 0.3) is 0 Å². The molecule has 0 bridgehead atoms. The van der Waals surface area contributed by atoms with E-state index < -0.39 is 0 Å². The molecule has 6 rings (SSSR count). The molecule has 9 heteroatoms. The Balaban J connectivity index is 1.29. The van der Waals surface area contributed by atoms with Crippen LogP contribution in [0.15, 0.2) is 67.0 Å². The fourth-order valence-corrected chi connectivity index (χ4v) is 4.48. The van der Waals surface area contributed by atoms with Crippen LogP contribution < -0.4 is 10.1 Å². The standard InChI is InChI=1S/C26H23N7O2/c1-16-3-5-18(6-4-16)14-35-20-9-7-19(8-10-20)21-13-24(34)28-26-25(21)17(2)30-33(26)23-12-11-22-29-27-15-32(22)31-23/h3-12,15,21H,13-14H2,1-2H3,(H,28,34)/t21-/m0/s1. The summed E-state index contributed by atoms with van der Waals surface area (Å²) >= 11 is 0. The molecule has 0 aliphatic carbocycles. The van der Waals surface area contributed by atoms with Crippen molar-refractivity contribution in [2.24, 2.45) is 0 Å². The molecule has 2 aromatic carbocycles. The minimum Gasteiger partial charge on any atom is -0.489 e. The zero-order valence-corrected chi connectivity index (χ0v) is 19.3. The summed E-state index contributed by atoms with van der Waals surface area (Å²) in [5.41, 5.74) is 5.85. The summed E-state index contributed by atoms with van der Waals surface area (Å²) in [4.78, 5) is 12.7. The summed E-state index contributed by atoms with van der Waals surface area (Å²) in [6, 6.07) is 19.9. The number of rotatable bonds is 5. The highest BCUT2D eigenvalue weighted by atomic mass is 16.5. The van der Waals surface area contributed by atoms with Gasteiger partial charge >= 0.3 is 0 Å². The highest BCUT2D eigenvalue weighted by molar-refractivity contribution is 5.95. The van der Waals surface area contributed by atoms with Gasteiger partial charge in [0.2, 0.25) is 5.91 Å². The van der Waals surface area contributed by atoms with Crippen molar-refractivity contribution in [3.8, 4) is 11.6 Å². The molecule has 5 aromatic rings. The number of ether oxygens (including phenoxy) is 1. The van der Waals surface area contributed by atoms with Crippen molar-refractivity contribution in [3.05, 3.63) is 94.9 Å². The van der Waals surface area contributed by atoms with E-state index >= 15 is 0 Å². The number of amides is 1. The predicted molar refractivity (Wildman–Crippen MR) is 130 cm³/mol. The van der Waals surface area contributed by atoms with Crippen LogP contribution in [0.2, 0.25) is 0 Å². The Morgan fingerprint density at radius 1 is 1.00 bits per heavy atom. The Hall–Kier alpha value is -4.53. The van der Waals surface area contributed by atoms with Crippen molar-refractivity contribution in [1.82, 2.24) is 29.6 Å². The number of nitrogens with one attached hydrogen (secondary N) is 1. The van der Waals surface area contributed by atoms with Gasteiger partial charge in [-0.3, -0.25) is 4.79 Å². The summed E-state index contributed by atoms with van der Waals surface area (Å²) in [6.45, 7) is 4.53. The van der Waals surface area contributed by atoms with Crippen LogP contribution in [0.3, 0.4) is 0 Å². The molecule has 35 heavy (non-hydrogen) atoms. The number of hydrogen-bond acceptors (Lipinski definition) is 6. The second-order valence-electron chi connectivity index (χ2n) is 8.73. The van der Waals surface area contributed by atoms with E-state index in [0.717, 1.165) is 28.1 Å². The summed E-state index contributed by atoms with van der Waals surface area (Å²) < 4.78 is 9.22. The third kappa shape index (κ3) is 3.90. The number of fused-ring (bicyclic) bond motifs is 2. The van der Waals surface area contributed by atoms with E-state index in [2.05, 4.69) is 51.8 Å². The number of aryl methyl sites for hydroxylation is 2. The smallest absolute Gasteiger partial charge is 0.226 e. The Bertz CT molecular complexity index is 1530. The molecule has 3 aromatic heterocycles. The topological polar surface area (TPSA) is 99.2 Å². The van der Waals surface area contributed by atoms with Gasteiger partial charge in [0.15, 0.2) is 11.5 Å². The fraction of sp³-hybridized carbons (Fsp3) is 0.192. The van der Waals surface area contributed by atoms with Gasteiger partial charge < -0.3 is 10.1 Å². The van der Waals surface area contributed by atoms with Gasteiger partial charge in [-0.25, -0.2) is 0 Å². The summed E-state index contributed by atoms with van der Waals surface area (Å²) in [7, 11) is 0. The van der Waals surface area contributed by atoms with Crippen LogP contribution in [-0.2, 0) is 11.4 Å². The van der Waals surface area contributed by atoms with E-state index in [-0.39, 0.29) is 11.8 Å². The van der Waals surface area contributed by atoms with Crippen molar-refractivity contribution in [3.63, 3.8) is 0 Å². The van der Waals surface area contributed by atoms with E-state index in [9.17, 15) is 4.79 Å². The van der Waals surface area contributed by atoms with E-state index in [4.69, 9.17) is 9.84 Å². The normalized spacial score (nSPS) is 15.1. The van der Waals surface area contributed by atoms with Crippen molar-refractivity contribution in [2.45, 2.75) is 32.8 Å². The van der Waals surface area contributed by atoms with Crippen LogP contribution in [-0.4, -0.2) is 35.5 Å². The quantitative estimate of drug-likeness (QED) is 0.422. The lowest BCUT2D eigenvalue weighted by atomic mass is 9.86. The van der Waals surface area contributed by atoms with Gasteiger partial charge in [0.1, 0.15) is 24.5 Å². The first kappa shape index (κ1) is 21.0. The zero-order chi connectivity index (χ0) is 23.9. The largest absolute Gasteiger partial charge is 0.489 e. The van der Waals surface area contributed by atoms with Crippen LogP contribution in [0, 0.1) is 13.8 Å². The number of hydrogen-bond donors (Lipinski definition) is 1. The lowest BCUT2D eigenvalue weighted by molar-refractivity contribution is -0.116. The number of carbonyl (C=O) groups excluding carboxylic acids is 1. The highest BCUT2D eigenvalue weighted by Gasteiger charge is 2.33. The molecule has 1 aliphatic rings. The minimum absolute atomic E-state index is 0.0614. The summed E-state index contributed by atoms with van der Waals surface area (Å²) in [5.74, 6) is 1.82. The van der Waals surface area contributed by atoms with Gasteiger partial charge in [0, 0.05) is 17.9 Å². The minimum atomic E-state index is -0.114. The molecular weight excluding hydrogens is 442 g/mol. The van der Waals surface area contributed by atoms with E-state index in [1.165, 1.54) is 11.9 Å². The number of nitrogens with zero attached hydrogens (tertiary/aromatic N) is 6. The molecular formula is C26H23N7O2. The van der Waals surface area contributed by atoms with E-state index in [1.807, 2.05) is 43.3 Å². The number of anilines is 1. The van der Waals surface area contributed by atoms with Gasteiger partial charge in [-0.15, -0.1) is 15.3 Å². The molecule has 4 heterocycles. The van der Waals surface area contributed by atoms with Crippen LogP contribution in [0.5, 0.6) is 5.75 Å². The van der Waals surface area contributed by atoms with E-state index in [1.54, 1.807) is 9.20 Å². The molecule has 9 nitrogen and oxygen atoms in total. The van der Waals surface area contributed by atoms with Crippen molar-refractivity contribution in [1.29, 1.82) is 0 Å². The van der Waals surface area contributed by atoms with E-state index in [0.29, 0.717) is 30.3 Å². The molecule has 0 unspecified atom stereocenters. The summed E-state index contributed by atoms with van der Waals surface area (Å²) in [5, 5.41) is 20.1. The average molecular weight is 466 g/mol. The fourth-order valence-electron chi connectivity index (χ4n) is 4.48. The Morgan fingerprint density at radius 2 is 1.80 bits per heavy atom. The maximum atomic E-state index is 12.7. The third-order valence-electron chi connectivity index (χ3n) is 6.28. The molecule has 0 fully saturated rings. The lowest BCUT2D eigenvalue weighted by Gasteiger charge is -2.24. The molecule has 0 spiro atoms. The Labute approximate surface area is 201 Å². The molecule has 1 amide bonds. The Morgan fingerprint density at radius 3 is 2.60 bits per heavy atom. The van der Waals surface area contributed by atoms with Crippen molar-refractivity contribution < 1.29 is 9.53 Å². The second-order valence-corrected chi connectivity index (χ2v) is 8.73. The summed E-state index contributed by atoms with van der Waals surface area (Å²) in [6.07, 6.45) is 1.88. The van der Waals surface area contributed by atoms with Gasteiger partial charge in [-0.05, 0) is 49.2 Å². The second kappa shape index (κ2) is 8.35. The first-order valence-corrected chi connectivity index (χ1v) is 11.4. The third-order valence-corrected chi connectivity index (χ3v) is 6.28. The van der Waals surface area contributed by atoms with Gasteiger partial charge in [-0.1, -0.05) is 42.0 Å². The molecule has 0 radical (unpaired) electrons. The molecule has 1 aliphatic heterocycles. The number of carbonyl (C=O) groups is 1. The first-order chi connectivity index (χ1) is 17.0. The SMILES string of the molecule is Cc1ccc(COc2ccc([C@@H]3CC(=O)Nc4c3c(C)nn4-c3ccc4nncn4n3)cc2)cc1. The highest BCUT2D eigenvalue weighted by Crippen LogP contribution is 2.40. The van der Waals surface area contributed by atoms with Gasteiger partial charge in [0.05, 0.1) is 5.69 Å². The first-order valence-electron chi connectivity index (χ1n) is 11.4. The maximum Gasteiger partial charge on any atom is 0.226 e. The van der Waals surface area contributed by atoms with Crippen LogP contribution in [0.25, 0.3) is 11.5 Å². The Kier molecular flexibility index (Phi) is 5.02. The monoisotopic (exact) mass is 465 g/mol. The van der Waals surface area contributed by atoms with Crippen molar-refractivity contribution >= 4 is 17.4 Å². The zero-order valence-electron chi connectivity index (χ0n) is 19.3. The average Bonchev–Trinajstić information content (AvgIpc) is 3.47. The lowest BCUT2D eigenvalue weighted by Crippen LogP contribution is -2.25. The van der Waals surface area contributed by atoms with Crippen molar-refractivity contribution in [2.75, 3.05) is 5.32 Å². The molecule has 1 atom stereocenters. The van der Waals surface area contributed by atoms with Crippen LogP contribution >= 0.6 is 0 Å². The number of aromatic nitrogens is 6. The van der Waals surface area contributed by atoms with Crippen LogP contribution in [0.4, 0.5) is 5.82 Å². The van der Waals surface area contributed by atoms with Crippen LogP contribution in [0.1, 0.15) is 40.3 Å². The predicted octanol–water partition coefficient (Wildman–Crippen LogP) is 3.98. The van der Waals surface area contributed by atoms with Gasteiger partial charge in [-0.2, -0.15) is 14.3 Å². The molecule has 174 valence electrons. The molecule has 0 saturated carbocycles. The maximum absolute atomic E-state index is 12.7. The molecule has 1 N–H and O–H groups in total.